The van der Waals surface area contributed by atoms with Crippen molar-refractivity contribution in [2.75, 3.05) is 42.6 Å². The van der Waals surface area contributed by atoms with Crippen LogP contribution in [-0.2, 0) is 9.84 Å². The molecule has 144 valence electrons. The fourth-order valence-electron chi connectivity index (χ4n) is 3.41. The summed E-state index contributed by atoms with van der Waals surface area (Å²) in [7, 11) is -3.60. The minimum Gasteiger partial charge on any atom is -0.399 e. The van der Waals surface area contributed by atoms with Gasteiger partial charge in [-0.2, -0.15) is 13.2 Å². The van der Waals surface area contributed by atoms with Crippen LogP contribution in [0.25, 0.3) is 0 Å². The first-order valence-electron chi connectivity index (χ1n) is 8.27. The number of carbonyl (C=O) groups excluding carboxylic acids is 1. The van der Waals surface area contributed by atoms with E-state index in [-0.39, 0.29) is 49.6 Å². The van der Waals surface area contributed by atoms with Gasteiger partial charge in [0.2, 0.25) is 0 Å². The maximum atomic E-state index is 13.0. The van der Waals surface area contributed by atoms with Crippen LogP contribution in [0.1, 0.15) is 16.8 Å². The molecule has 6 nitrogen and oxygen atoms in total. The minimum absolute atomic E-state index is 0.00381. The Morgan fingerprint density at radius 3 is 2.65 bits per heavy atom. The number of ketones is 1. The van der Waals surface area contributed by atoms with Crippen molar-refractivity contribution in [3.63, 3.8) is 0 Å². The summed E-state index contributed by atoms with van der Waals surface area (Å²) < 4.78 is 63.4. The second-order valence-corrected chi connectivity index (χ2v) is 8.98. The molecule has 2 heterocycles. The zero-order valence-corrected chi connectivity index (χ0v) is 14.7. The summed E-state index contributed by atoms with van der Waals surface area (Å²) in [5.41, 5.74) is 6.42. The first kappa shape index (κ1) is 19.0. The van der Waals surface area contributed by atoms with E-state index in [2.05, 4.69) is 5.32 Å². The van der Waals surface area contributed by atoms with Crippen molar-refractivity contribution in [2.45, 2.75) is 17.8 Å². The van der Waals surface area contributed by atoms with E-state index in [1.165, 1.54) is 23.1 Å². The molecule has 0 saturated carbocycles. The van der Waals surface area contributed by atoms with E-state index in [0.29, 0.717) is 5.69 Å². The molecule has 2 saturated heterocycles. The second-order valence-electron chi connectivity index (χ2n) is 6.67. The molecule has 1 aromatic carbocycles. The van der Waals surface area contributed by atoms with Crippen LogP contribution in [0.5, 0.6) is 0 Å². The average Bonchev–Trinajstić information content (AvgIpc) is 3.04. The topological polar surface area (TPSA) is 92.5 Å². The van der Waals surface area contributed by atoms with Crippen LogP contribution in [0.3, 0.4) is 0 Å². The van der Waals surface area contributed by atoms with Gasteiger partial charge in [-0.3, -0.25) is 4.79 Å². The van der Waals surface area contributed by atoms with Crippen LogP contribution in [0, 0.1) is 5.92 Å². The number of anilines is 2. The van der Waals surface area contributed by atoms with Crippen LogP contribution < -0.4 is 16.0 Å². The molecule has 26 heavy (non-hydrogen) atoms. The number of nitrogens with two attached hydrogens (primary N) is 1. The van der Waals surface area contributed by atoms with E-state index in [9.17, 15) is 26.4 Å². The Balaban J connectivity index is 1.93. The molecule has 3 rings (SSSR count). The molecule has 0 amide bonds. The third-order valence-corrected chi connectivity index (χ3v) is 6.92. The van der Waals surface area contributed by atoms with Crippen molar-refractivity contribution in [1.29, 1.82) is 0 Å². The van der Waals surface area contributed by atoms with Crippen LogP contribution in [0.4, 0.5) is 24.5 Å². The lowest BCUT2D eigenvalue weighted by molar-refractivity contribution is -0.168. The van der Waals surface area contributed by atoms with Crippen LogP contribution in [0.15, 0.2) is 18.2 Å². The zero-order valence-electron chi connectivity index (χ0n) is 13.9. The Kier molecular flexibility index (Phi) is 4.91. The van der Waals surface area contributed by atoms with E-state index < -0.39 is 33.0 Å². The summed E-state index contributed by atoms with van der Waals surface area (Å²) in [5.74, 6) is -2.23. The number of hydrogen-bond acceptors (Lipinski definition) is 6. The SMILES string of the molecule is Nc1ccc(C(=O)C2CNCCS2(=O)=O)c(N2CCC(C(F)(F)F)C2)c1. The smallest absolute Gasteiger partial charge is 0.393 e. The van der Waals surface area contributed by atoms with Gasteiger partial charge in [-0.25, -0.2) is 8.42 Å². The molecule has 2 aliphatic heterocycles. The van der Waals surface area contributed by atoms with Gasteiger partial charge in [0, 0.05) is 43.1 Å². The number of carbonyl (C=O) groups is 1. The standard InChI is InChI=1S/C16H20F3N3O3S/c17-16(18,19)10-3-5-22(9-10)13-7-11(20)1-2-12(13)15(23)14-8-21-4-6-26(14,24)25/h1-2,7,10,14,21H,3-6,8-9,20H2. The Bertz CT molecular complexity index is 811. The number of nitrogens with one attached hydrogen (secondary N) is 1. The first-order chi connectivity index (χ1) is 12.1. The molecule has 0 aliphatic carbocycles. The number of rotatable bonds is 3. The van der Waals surface area contributed by atoms with E-state index >= 15 is 0 Å². The van der Waals surface area contributed by atoms with Gasteiger partial charge in [0.05, 0.1) is 11.7 Å². The molecule has 3 N–H and O–H groups in total. The summed E-state index contributed by atoms with van der Waals surface area (Å²) in [5, 5.41) is 1.64. The number of nitrogen functional groups attached to an aromatic ring is 1. The van der Waals surface area contributed by atoms with Gasteiger partial charge in [-0.05, 0) is 24.6 Å². The van der Waals surface area contributed by atoms with Crippen LogP contribution >= 0.6 is 0 Å². The average molecular weight is 391 g/mol. The van der Waals surface area contributed by atoms with Crippen LogP contribution in [-0.4, -0.2) is 57.6 Å². The van der Waals surface area contributed by atoms with Gasteiger partial charge in [0.1, 0.15) is 5.25 Å². The maximum Gasteiger partial charge on any atom is 0.393 e. The lowest BCUT2D eigenvalue weighted by Gasteiger charge is -2.26. The Hall–Kier alpha value is -1.81. The Morgan fingerprint density at radius 1 is 1.31 bits per heavy atom. The molecule has 1 aromatic rings. The normalized spacial score (nSPS) is 26.0. The summed E-state index contributed by atoms with van der Waals surface area (Å²) in [4.78, 5) is 14.3. The predicted octanol–water partition coefficient (Wildman–Crippen LogP) is 1.23. The van der Waals surface area contributed by atoms with Crippen LogP contribution in [0.2, 0.25) is 0 Å². The Morgan fingerprint density at radius 2 is 2.04 bits per heavy atom. The minimum atomic E-state index is -4.31. The van der Waals surface area contributed by atoms with Crippen molar-refractivity contribution in [1.82, 2.24) is 5.32 Å². The van der Waals surface area contributed by atoms with E-state index in [4.69, 9.17) is 5.73 Å². The van der Waals surface area contributed by atoms with Crippen molar-refractivity contribution < 1.29 is 26.4 Å². The lowest BCUT2D eigenvalue weighted by atomic mass is 10.0. The van der Waals surface area contributed by atoms with Crippen molar-refractivity contribution in [2.24, 2.45) is 5.92 Å². The number of nitrogens with zero attached hydrogens (tertiary/aromatic N) is 1. The molecular weight excluding hydrogens is 371 g/mol. The molecular formula is C16H20F3N3O3S. The highest BCUT2D eigenvalue weighted by Gasteiger charge is 2.44. The number of alkyl halides is 3. The number of Topliss-reactive ketones (excluding diaryl/α,β-unsaturated/α-hetero) is 1. The van der Waals surface area contributed by atoms with Crippen molar-refractivity contribution >= 4 is 27.0 Å². The van der Waals surface area contributed by atoms with E-state index in [1.807, 2.05) is 0 Å². The van der Waals surface area contributed by atoms with E-state index in [1.54, 1.807) is 0 Å². The van der Waals surface area contributed by atoms with Gasteiger partial charge in [-0.15, -0.1) is 0 Å². The summed E-state index contributed by atoms with van der Waals surface area (Å²) in [6.45, 7) is 0.128. The zero-order chi connectivity index (χ0) is 19.1. The molecule has 2 aliphatic rings. The summed E-state index contributed by atoms with van der Waals surface area (Å²) in [6, 6.07) is 4.30. The Labute approximate surface area is 149 Å². The summed E-state index contributed by atoms with van der Waals surface area (Å²) in [6.07, 6.45) is -4.38. The maximum absolute atomic E-state index is 13.0. The highest BCUT2D eigenvalue weighted by Crippen LogP contribution is 2.37. The number of halogens is 3. The van der Waals surface area contributed by atoms with Crippen molar-refractivity contribution in [3.8, 4) is 0 Å². The highest BCUT2D eigenvalue weighted by atomic mass is 32.2. The molecule has 2 fully saturated rings. The van der Waals surface area contributed by atoms with Gasteiger partial charge in [0.15, 0.2) is 15.6 Å². The molecule has 0 radical (unpaired) electrons. The van der Waals surface area contributed by atoms with Gasteiger partial charge < -0.3 is 16.0 Å². The molecule has 2 unspecified atom stereocenters. The number of hydrogen-bond donors (Lipinski definition) is 2. The monoisotopic (exact) mass is 391 g/mol. The third kappa shape index (κ3) is 3.66. The number of benzene rings is 1. The quantitative estimate of drug-likeness (QED) is 0.595. The predicted molar refractivity (Wildman–Crippen MR) is 92.0 cm³/mol. The van der Waals surface area contributed by atoms with Gasteiger partial charge in [-0.1, -0.05) is 0 Å². The van der Waals surface area contributed by atoms with Crippen molar-refractivity contribution in [3.05, 3.63) is 23.8 Å². The lowest BCUT2D eigenvalue weighted by Crippen LogP contribution is -2.48. The molecule has 10 heteroatoms. The van der Waals surface area contributed by atoms with E-state index in [0.717, 1.165) is 0 Å². The molecule has 0 bridgehead atoms. The summed E-state index contributed by atoms with van der Waals surface area (Å²) >= 11 is 0. The molecule has 0 aromatic heterocycles. The first-order valence-corrected chi connectivity index (χ1v) is 9.99. The van der Waals surface area contributed by atoms with Gasteiger partial charge >= 0.3 is 6.18 Å². The largest absolute Gasteiger partial charge is 0.399 e. The highest BCUT2D eigenvalue weighted by molar-refractivity contribution is 7.92. The van der Waals surface area contributed by atoms with Gasteiger partial charge in [0.25, 0.3) is 0 Å². The fourth-order valence-corrected chi connectivity index (χ4v) is 4.95. The number of sulfone groups is 1. The second kappa shape index (κ2) is 6.73. The fraction of sp³-hybridized carbons (Fsp3) is 0.562. The third-order valence-electron chi connectivity index (χ3n) is 4.90. The molecule has 0 spiro atoms. The molecule has 2 atom stereocenters.